The van der Waals surface area contributed by atoms with E-state index in [9.17, 15) is 0 Å². The monoisotopic (exact) mass is 662 g/mol. The summed E-state index contributed by atoms with van der Waals surface area (Å²) in [7, 11) is 3.58. The lowest BCUT2D eigenvalue weighted by Gasteiger charge is -2.34. The maximum Gasteiger partial charge on any atom is 0.203 e. The largest absolute Gasteiger partial charge is 0.500 e. The molecular formula is C43H54N2O2S. The van der Waals surface area contributed by atoms with Gasteiger partial charge < -0.3 is 14.8 Å². The number of rotatable bonds is 3. The third kappa shape index (κ3) is 8.36. The quantitative estimate of drug-likeness (QED) is 0.201. The first-order valence-electron chi connectivity index (χ1n) is 17.6. The van der Waals surface area contributed by atoms with Crippen LogP contribution in [-0.2, 0) is 15.9 Å². The van der Waals surface area contributed by atoms with Crippen molar-refractivity contribution in [1.29, 1.82) is 0 Å². The highest BCUT2D eigenvalue weighted by Gasteiger charge is 2.30. The molecule has 0 radical (unpaired) electrons. The number of likely N-dealkylation sites (N-methyl/N-ethyl adjacent to an activating group) is 1. The van der Waals surface area contributed by atoms with Crippen LogP contribution in [0.1, 0.15) is 83.3 Å². The van der Waals surface area contributed by atoms with Gasteiger partial charge in [0.2, 0.25) is 5.88 Å². The van der Waals surface area contributed by atoms with Gasteiger partial charge in [-0.1, -0.05) is 91.8 Å². The summed E-state index contributed by atoms with van der Waals surface area (Å²) in [6.45, 7) is 6.63. The van der Waals surface area contributed by atoms with Gasteiger partial charge in [-0.2, -0.15) is 10.5 Å². The van der Waals surface area contributed by atoms with Gasteiger partial charge in [0, 0.05) is 24.2 Å². The fourth-order valence-electron chi connectivity index (χ4n) is 7.07. The van der Waals surface area contributed by atoms with Gasteiger partial charge >= 0.3 is 0 Å². The van der Waals surface area contributed by atoms with E-state index >= 15 is 0 Å². The van der Waals surface area contributed by atoms with Gasteiger partial charge in [-0.3, -0.25) is 4.90 Å². The number of benzene rings is 2. The predicted octanol–water partition coefficient (Wildman–Crippen LogP) is 10.9. The Kier molecular flexibility index (Phi) is 12.8. The Hall–Kier alpha value is -3.96. The van der Waals surface area contributed by atoms with Crippen molar-refractivity contribution in [3.8, 4) is 0 Å². The van der Waals surface area contributed by atoms with E-state index in [-0.39, 0.29) is 10.5 Å². The first-order valence-corrected chi connectivity index (χ1v) is 19.4. The Morgan fingerprint density at radius 1 is 0.875 bits per heavy atom. The van der Waals surface area contributed by atoms with Crippen molar-refractivity contribution in [1.82, 2.24) is 5.32 Å². The molecule has 2 aromatic carbocycles. The normalized spacial score (nSPS) is 27.0. The predicted molar refractivity (Wildman–Crippen MR) is 208 cm³/mol. The van der Waals surface area contributed by atoms with Gasteiger partial charge in [-0.05, 0) is 111 Å². The lowest BCUT2D eigenvalue weighted by atomic mass is 9.98. The molecule has 48 heavy (non-hydrogen) atoms. The van der Waals surface area contributed by atoms with Crippen LogP contribution < -0.4 is 10.2 Å². The van der Waals surface area contributed by atoms with Crippen molar-refractivity contribution >= 4 is 21.0 Å². The summed E-state index contributed by atoms with van der Waals surface area (Å²) in [6.07, 6.45) is 25.4. The fraction of sp³-hybridized carbons (Fsp3) is 0.372. The van der Waals surface area contributed by atoms with Crippen LogP contribution in [-0.4, -0.2) is 31.0 Å². The van der Waals surface area contributed by atoms with Crippen LogP contribution in [0.5, 0.6) is 0 Å². The highest BCUT2D eigenvalue weighted by atomic mass is 32.2. The number of methoxy groups -OCH3 is 1. The first-order chi connectivity index (χ1) is 23.5. The second-order valence-electron chi connectivity index (χ2n) is 12.9. The Morgan fingerprint density at radius 3 is 2.38 bits per heavy atom. The van der Waals surface area contributed by atoms with Gasteiger partial charge in [-0.25, -0.2) is 0 Å². The van der Waals surface area contributed by atoms with E-state index < -0.39 is 0 Å². The molecule has 3 aliphatic heterocycles. The summed E-state index contributed by atoms with van der Waals surface area (Å²) in [5.74, 6) is 2.58. The first kappa shape index (κ1) is 35.3. The maximum atomic E-state index is 7.36. The van der Waals surface area contributed by atoms with Crippen LogP contribution in [0.2, 0.25) is 0 Å². The Balaban J connectivity index is 1.83. The number of hydrogen-bond acceptors (Lipinski definition) is 4. The SMILES string of the molecule is C/C=C1C/C=C\C2=C3CCCCCC/C(C)=C(/OC(=C\OC)/C(c4ccccc4)=S(\C)C/C=C/C(C)=C/1NC)N3c1ccccc1CC2. The highest BCUT2D eigenvalue weighted by molar-refractivity contribution is 8.16. The molecule has 0 spiro atoms. The minimum atomic E-state index is -0.185. The summed E-state index contributed by atoms with van der Waals surface area (Å²) in [6, 6.07) is 19.6. The fourth-order valence-corrected chi connectivity index (χ4v) is 8.60. The van der Waals surface area contributed by atoms with Crippen molar-refractivity contribution in [3.05, 3.63) is 148 Å². The summed E-state index contributed by atoms with van der Waals surface area (Å²) in [5, 5.41) is 3.52. The number of para-hydroxylation sites is 1. The molecule has 254 valence electrons. The summed E-state index contributed by atoms with van der Waals surface area (Å²) >= 11 is 0. The molecule has 3 aliphatic rings. The van der Waals surface area contributed by atoms with Crippen LogP contribution in [0.3, 0.4) is 0 Å². The summed E-state index contributed by atoms with van der Waals surface area (Å²) in [4.78, 5) is 3.65. The maximum absolute atomic E-state index is 7.36. The minimum Gasteiger partial charge on any atom is -0.500 e. The molecule has 0 saturated carbocycles. The number of nitrogens with one attached hydrogen (secondary N) is 1. The highest BCUT2D eigenvalue weighted by Crippen LogP contribution is 2.41. The average molecular weight is 663 g/mol. The molecule has 1 N–H and O–H groups in total. The number of hydrogen-bond donors (Lipinski definition) is 1. The van der Waals surface area contributed by atoms with Gasteiger partial charge in [0.1, 0.15) is 6.26 Å². The minimum absolute atomic E-state index is 0.185. The van der Waals surface area contributed by atoms with Gasteiger partial charge in [0.05, 0.1) is 17.7 Å². The molecule has 0 amide bonds. The van der Waals surface area contributed by atoms with Gasteiger partial charge in [-0.15, -0.1) is 0 Å². The third-order valence-corrected chi connectivity index (χ3v) is 11.4. The van der Waals surface area contributed by atoms with Crippen molar-refractivity contribution in [2.75, 3.05) is 31.1 Å². The molecule has 0 aromatic heterocycles. The molecule has 0 aliphatic carbocycles. The third-order valence-electron chi connectivity index (χ3n) is 9.54. The van der Waals surface area contributed by atoms with Crippen LogP contribution >= 0.6 is 10.5 Å². The van der Waals surface area contributed by atoms with Crippen LogP contribution in [0.15, 0.2) is 137 Å². The molecule has 5 heteroatoms. The zero-order chi connectivity index (χ0) is 33.9. The van der Waals surface area contributed by atoms with E-state index in [0.717, 1.165) is 67.9 Å². The summed E-state index contributed by atoms with van der Waals surface area (Å²) < 4.78 is 13.2. The number of fused-ring (bicyclic) bond motifs is 1. The van der Waals surface area contributed by atoms with Crippen molar-refractivity contribution < 1.29 is 9.47 Å². The van der Waals surface area contributed by atoms with Gasteiger partial charge in [0.25, 0.3) is 0 Å². The molecule has 2 aromatic rings. The zero-order valence-corrected chi connectivity index (χ0v) is 30.7. The molecule has 4 nitrogen and oxygen atoms in total. The topological polar surface area (TPSA) is 33.7 Å². The molecule has 3 heterocycles. The van der Waals surface area contributed by atoms with Crippen molar-refractivity contribution in [2.24, 2.45) is 0 Å². The second kappa shape index (κ2) is 17.4. The van der Waals surface area contributed by atoms with E-state index in [4.69, 9.17) is 9.47 Å². The van der Waals surface area contributed by atoms with Crippen LogP contribution in [0.4, 0.5) is 5.69 Å². The van der Waals surface area contributed by atoms with E-state index in [1.807, 2.05) is 13.3 Å². The van der Waals surface area contributed by atoms with Crippen molar-refractivity contribution in [3.63, 3.8) is 0 Å². The lowest BCUT2D eigenvalue weighted by Crippen LogP contribution is -2.28. The number of ether oxygens (including phenoxy) is 2. The standard InChI is InChI=1S/C43H54N2O2S/c1-7-34-24-17-25-36-29-28-35-21-15-16-27-39(35)45-38(36)26-14-9-8-11-19-33(3)43(45)47-40(31-46-5)42(37-22-12-10-13-23-37)48(6)30-18-20-32(2)41(34)44-4/h7,10,12-13,15-18,20-23,25,27,31,44H,8-9,11,14,19,24,26,28-30H2,1-6H3/b20-18+,25-17-,34-7-,40-31-,41-32-,43-33+. The zero-order valence-electron chi connectivity index (χ0n) is 29.9. The van der Waals surface area contributed by atoms with Crippen LogP contribution in [0, 0.1) is 0 Å². The lowest BCUT2D eigenvalue weighted by molar-refractivity contribution is 0.267. The molecule has 5 rings (SSSR count). The average Bonchev–Trinajstić information content (AvgIpc) is 3.24. The molecule has 0 fully saturated rings. The summed E-state index contributed by atoms with van der Waals surface area (Å²) in [5.41, 5.74) is 11.5. The smallest absolute Gasteiger partial charge is 0.203 e. The Labute approximate surface area is 292 Å². The molecule has 1 unspecified atom stereocenters. The van der Waals surface area contributed by atoms with E-state index in [1.165, 1.54) is 62.6 Å². The second-order valence-corrected chi connectivity index (χ2v) is 14.9. The number of aryl methyl sites for hydroxylation is 1. The van der Waals surface area contributed by atoms with E-state index in [1.54, 1.807) is 7.11 Å². The number of anilines is 1. The molecular weight excluding hydrogens is 609 g/mol. The van der Waals surface area contributed by atoms with Crippen molar-refractivity contribution in [2.45, 2.75) is 78.6 Å². The Bertz CT molecular complexity index is 1700. The Morgan fingerprint density at radius 2 is 1.62 bits per heavy atom. The van der Waals surface area contributed by atoms with E-state index in [0.29, 0.717) is 0 Å². The molecule has 0 saturated heterocycles. The molecule has 4 bridgehead atoms. The van der Waals surface area contributed by atoms with E-state index in [2.05, 4.69) is 122 Å². The number of nitrogens with zero attached hydrogens (tertiary/aromatic N) is 1. The molecule has 1 atom stereocenters. The number of allylic oxidation sites excluding steroid dienone is 10. The van der Waals surface area contributed by atoms with Gasteiger partial charge in [0.15, 0.2) is 5.76 Å². The van der Waals surface area contributed by atoms with Crippen LogP contribution in [0.25, 0.3) is 0 Å².